The Morgan fingerprint density at radius 2 is 1.66 bits per heavy atom. The molecule has 1 aromatic heterocycles. The molecule has 0 radical (unpaired) electrons. The molecule has 5 nitrogen and oxygen atoms in total. The van der Waals surface area contributed by atoms with Crippen LogP contribution in [0.2, 0.25) is 10.0 Å². The number of nitrogens with zero attached hydrogens (tertiary/aromatic N) is 3. The fourth-order valence-electron chi connectivity index (χ4n) is 4.14. The molecule has 2 aromatic carbocycles. The lowest BCUT2D eigenvalue weighted by Gasteiger charge is -2.34. The summed E-state index contributed by atoms with van der Waals surface area (Å²) in [5, 5.41) is 3.59. The van der Waals surface area contributed by atoms with Crippen molar-refractivity contribution in [3.05, 3.63) is 73.7 Å². The lowest BCUT2D eigenvalue weighted by Crippen LogP contribution is -2.48. The monoisotopic (exact) mass is 509 g/mol. The first kappa shape index (κ1) is 23.5. The molecule has 1 fully saturated rings. The van der Waals surface area contributed by atoms with E-state index in [0.29, 0.717) is 31.2 Å². The first-order chi connectivity index (χ1) is 15.1. The first-order valence-corrected chi connectivity index (χ1v) is 13.4. The average molecular weight is 511 g/mol. The Bertz CT molecular complexity index is 1230. The van der Waals surface area contributed by atoms with Gasteiger partial charge in [0.15, 0.2) is 5.13 Å². The van der Waals surface area contributed by atoms with E-state index in [1.807, 2.05) is 0 Å². The minimum atomic E-state index is -3.66. The van der Waals surface area contributed by atoms with E-state index < -0.39 is 10.0 Å². The van der Waals surface area contributed by atoms with E-state index in [9.17, 15) is 8.42 Å². The number of benzene rings is 2. The Morgan fingerprint density at radius 3 is 2.28 bits per heavy atom. The molecular formula is C23H25Cl2N3O2S2. The number of rotatable bonds is 5. The second-order valence-electron chi connectivity index (χ2n) is 8.14. The Morgan fingerprint density at radius 1 is 1.00 bits per heavy atom. The van der Waals surface area contributed by atoms with Crippen LogP contribution in [0.4, 0.5) is 5.13 Å². The average Bonchev–Trinajstić information content (AvgIpc) is 3.19. The maximum absolute atomic E-state index is 13.0. The highest BCUT2D eigenvalue weighted by Crippen LogP contribution is 2.30. The van der Waals surface area contributed by atoms with Crippen molar-refractivity contribution in [1.82, 2.24) is 9.29 Å². The molecule has 1 aliphatic heterocycles. The van der Waals surface area contributed by atoms with Gasteiger partial charge in [0, 0.05) is 43.0 Å². The number of sulfonamides is 1. The van der Waals surface area contributed by atoms with Crippen LogP contribution in [0.5, 0.6) is 0 Å². The van der Waals surface area contributed by atoms with Gasteiger partial charge in [-0.15, -0.1) is 11.3 Å². The van der Waals surface area contributed by atoms with Gasteiger partial charge in [-0.1, -0.05) is 40.9 Å². The van der Waals surface area contributed by atoms with Crippen LogP contribution < -0.4 is 4.90 Å². The van der Waals surface area contributed by atoms with Crippen LogP contribution in [0.25, 0.3) is 0 Å². The Balaban J connectivity index is 1.44. The number of aromatic nitrogens is 1. The van der Waals surface area contributed by atoms with Gasteiger partial charge in [0.2, 0.25) is 10.0 Å². The van der Waals surface area contributed by atoms with Gasteiger partial charge in [-0.25, -0.2) is 13.4 Å². The quantitative estimate of drug-likeness (QED) is 0.457. The van der Waals surface area contributed by atoms with Gasteiger partial charge >= 0.3 is 0 Å². The zero-order valence-electron chi connectivity index (χ0n) is 18.2. The van der Waals surface area contributed by atoms with Crippen molar-refractivity contribution in [2.45, 2.75) is 32.1 Å². The van der Waals surface area contributed by atoms with Gasteiger partial charge in [0.05, 0.1) is 10.7 Å². The lowest BCUT2D eigenvalue weighted by atomic mass is 9.96. The van der Waals surface area contributed by atoms with Crippen LogP contribution >= 0.6 is 34.5 Å². The van der Waals surface area contributed by atoms with Crippen LogP contribution in [0.15, 0.2) is 40.6 Å². The van der Waals surface area contributed by atoms with Crippen molar-refractivity contribution in [1.29, 1.82) is 0 Å². The topological polar surface area (TPSA) is 53.5 Å². The molecule has 1 saturated heterocycles. The van der Waals surface area contributed by atoms with E-state index >= 15 is 0 Å². The van der Waals surface area contributed by atoms with Crippen LogP contribution in [0, 0.1) is 20.8 Å². The zero-order chi connectivity index (χ0) is 23.0. The maximum Gasteiger partial charge on any atom is 0.244 e. The summed E-state index contributed by atoms with van der Waals surface area (Å²) in [7, 11) is -3.66. The summed E-state index contributed by atoms with van der Waals surface area (Å²) >= 11 is 13.7. The molecule has 0 saturated carbocycles. The third kappa shape index (κ3) is 4.82. The Kier molecular flexibility index (Phi) is 6.84. The minimum Gasteiger partial charge on any atom is -0.345 e. The highest BCUT2D eigenvalue weighted by molar-refractivity contribution is 7.89. The van der Waals surface area contributed by atoms with Crippen LogP contribution in [-0.4, -0.2) is 43.9 Å². The summed E-state index contributed by atoms with van der Waals surface area (Å²) in [6, 6.07) is 8.89. The fourth-order valence-corrected chi connectivity index (χ4v) is 7.18. The third-order valence-electron chi connectivity index (χ3n) is 5.76. The van der Waals surface area contributed by atoms with Crippen LogP contribution in [-0.2, 0) is 16.4 Å². The predicted molar refractivity (Wildman–Crippen MR) is 133 cm³/mol. The minimum absolute atomic E-state index is 0.0948. The first-order valence-electron chi connectivity index (χ1n) is 10.4. The number of hydrogen-bond donors (Lipinski definition) is 0. The largest absolute Gasteiger partial charge is 0.345 e. The van der Waals surface area contributed by atoms with Gasteiger partial charge < -0.3 is 4.90 Å². The number of anilines is 1. The lowest BCUT2D eigenvalue weighted by molar-refractivity contribution is 0.384. The Labute approximate surface area is 203 Å². The predicted octanol–water partition coefficient (Wildman–Crippen LogP) is 5.48. The van der Waals surface area contributed by atoms with E-state index in [2.05, 4.69) is 43.2 Å². The van der Waals surface area contributed by atoms with E-state index in [0.717, 1.165) is 17.2 Å². The summed E-state index contributed by atoms with van der Waals surface area (Å²) in [5.41, 5.74) is 6.22. The van der Waals surface area contributed by atoms with Crippen LogP contribution in [0.3, 0.4) is 0 Å². The van der Waals surface area contributed by atoms with E-state index in [-0.39, 0.29) is 9.92 Å². The summed E-state index contributed by atoms with van der Waals surface area (Å²) in [5.74, 6) is 0. The molecule has 32 heavy (non-hydrogen) atoms. The molecule has 0 unspecified atom stereocenters. The molecular weight excluding hydrogens is 485 g/mol. The van der Waals surface area contributed by atoms with E-state index in [4.69, 9.17) is 28.2 Å². The van der Waals surface area contributed by atoms with E-state index in [1.165, 1.54) is 38.7 Å². The number of hydrogen-bond acceptors (Lipinski definition) is 5. The number of aryl methyl sites for hydroxylation is 3. The normalized spacial score (nSPS) is 15.3. The highest BCUT2D eigenvalue weighted by Gasteiger charge is 2.31. The molecule has 0 aliphatic carbocycles. The standard InChI is InChI=1S/C23H25Cl2N3O2S2/c1-15-10-16(2)20(17(3)11-15)13-19-14-31-23(26-19)27-6-8-28(9-7-27)32(29,30)22-5-4-18(24)12-21(22)25/h4-5,10-12,14H,6-9,13H2,1-3H3. The number of piperazine rings is 1. The molecule has 0 N–H and O–H groups in total. The van der Waals surface area contributed by atoms with Crippen molar-refractivity contribution in [2.75, 3.05) is 31.1 Å². The van der Waals surface area contributed by atoms with E-state index in [1.54, 1.807) is 17.4 Å². The molecule has 0 amide bonds. The Hall–Kier alpha value is -1.64. The summed E-state index contributed by atoms with van der Waals surface area (Å²) < 4.78 is 27.5. The smallest absolute Gasteiger partial charge is 0.244 e. The molecule has 0 spiro atoms. The van der Waals surface area contributed by atoms with Gasteiger partial charge in [-0.3, -0.25) is 0 Å². The van der Waals surface area contributed by atoms with Crippen molar-refractivity contribution >= 4 is 49.7 Å². The van der Waals surface area contributed by atoms with Crippen molar-refractivity contribution in [3.8, 4) is 0 Å². The molecule has 4 rings (SSSR count). The molecule has 3 aromatic rings. The number of thiazole rings is 1. The highest BCUT2D eigenvalue weighted by atomic mass is 35.5. The molecule has 1 aliphatic rings. The van der Waals surface area contributed by atoms with Gasteiger partial charge in [-0.05, 0) is 55.7 Å². The molecule has 170 valence electrons. The zero-order valence-corrected chi connectivity index (χ0v) is 21.4. The summed E-state index contributed by atoms with van der Waals surface area (Å²) in [6.07, 6.45) is 0.803. The third-order valence-corrected chi connectivity index (χ3v) is 9.33. The van der Waals surface area contributed by atoms with Crippen molar-refractivity contribution in [3.63, 3.8) is 0 Å². The summed E-state index contributed by atoms with van der Waals surface area (Å²) in [6.45, 7) is 8.34. The van der Waals surface area contributed by atoms with Crippen molar-refractivity contribution < 1.29 is 8.42 Å². The fraction of sp³-hybridized carbons (Fsp3) is 0.348. The molecule has 2 heterocycles. The van der Waals surface area contributed by atoms with Crippen LogP contribution in [0.1, 0.15) is 27.9 Å². The molecule has 9 heteroatoms. The van der Waals surface area contributed by atoms with Gasteiger partial charge in [0.1, 0.15) is 4.90 Å². The number of halogens is 2. The summed E-state index contributed by atoms with van der Waals surface area (Å²) in [4.78, 5) is 7.09. The second kappa shape index (κ2) is 9.31. The van der Waals surface area contributed by atoms with Gasteiger partial charge in [-0.2, -0.15) is 4.31 Å². The van der Waals surface area contributed by atoms with Crippen molar-refractivity contribution in [2.24, 2.45) is 0 Å². The molecule has 0 bridgehead atoms. The second-order valence-corrected chi connectivity index (χ2v) is 11.7. The molecule has 0 atom stereocenters. The SMILES string of the molecule is Cc1cc(C)c(Cc2csc(N3CCN(S(=O)(=O)c4ccc(Cl)cc4Cl)CC3)n2)c(C)c1. The van der Waals surface area contributed by atoms with Gasteiger partial charge in [0.25, 0.3) is 0 Å². The maximum atomic E-state index is 13.0.